The molecule has 5 nitrogen and oxygen atoms in total. The highest BCUT2D eigenvalue weighted by Gasteiger charge is 2.16. The highest BCUT2D eigenvalue weighted by atomic mass is 16.6. The SMILES string of the molecule is CCCCCCC/C=C\C/C=C\CCCCCCCCCCCCCCCCCCCCCCCC(=O)OC(CO)COC(=O)CCCCCCCCCCC/C=C\C/C=C\CCCCCCC. The summed E-state index contributed by atoms with van der Waals surface area (Å²) in [5.41, 5.74) is 0. The van der Waals surface area contributed by atoms with E-state index in [1.54, 1.807) is 0 Å². The van der Waals surface area contributed by atoms with Crippen molar-refractivity contribution >= 4 is 11.9 Å². The fourth-order valence-electron chi connectivity index (χ4n) is 9.03. The molecule has 0 aliphatic carbocycles. The van der Waals surface area contributed by atoms with E-state index in [1.807, 2.05) is 0 Å². The van der Waals surface area contributed by atoms with Gasteiger partial charge in [-0.05, 0) is 77.0 Å². The molecule has 1 N–H and O–H groups in total. The Hall–Kier alpha value is -2.14. The Balaban J connectivity index is 3.43. The minimum absolute atomic E-state index is 0.0649. The van der Waals surface area contributed by atoms with E-state index in [1.165, 1.54) is 244 Å². The van der Waals surface area contributed by atoms with Crippen LogP contribution in [-0.2, 0) is 19.1 Å². The van der Waals surface area contributed by atoms with E-state index in [2.05, 4.69) is 62.5 Å². The Labute approximate surface area is 424 Å². The molecule has 398 valence electrons. The first-order chi connectivity index (χ1) is 33.6. The highest BCUT2D eigenvalue weighted by Crippen LogP contribution is 2.17. The minimum atomic E-state index is -0.773. The molecule has 0 bridgehead atoms. The van der Waals surface area contributed by atoms with Crippen LogP contribution in [0.15, 0.2) is 48.6 Å². The number of aliphatic hydroxyl groups is 1. The van der Waals surface area contributed by atoms with Gasteiger partial charge in [0.25, 0.3) is 0 Å². The Bertz CT molecular complexity index is 1120. The summed E-state index contributed by atoms with van der Waals surface area (Å²) in [7, 11) is 0. The molecule has 0 aromatic carbocycles. The molecule has 0 heterocycles. The summed E-state index contributed by atoms with van der Waals surface area (Å²) >= 11 is 0. The smallest absolute Gasteiger partial charge is 0.306 e. The van der Waals surface area contributed by atoms with Crippen LogP contribution in [0, 0.1) is 0 Å². The molecule has 1 unspecified atom stereocenters. The largest absolute Gasteiger partial charge is 0.462 e. The lowest BCUT2D eigenvalue weighted by molar-refractivity contribution is -0.161. The molecule has 5 heteroatoms. The second-order valence-corrected chi connectivity index (χ2v) is 20.4. The molecule has 0 spiro atoms. The van der Waals surface area contributed by atoms with Crippen molar-refractivity contribution in [2.75, 3.05) is 13.2 Å². The van der Waals surface area contributed by atoms with Crippen LogP contribution in [0.5, 0.6) is 0 Å². The molecule has 0 amide bonds. The number of unbranched alkanes of at least 4 members (excludes halogenated alkanes) is 40. The number of ether oxygens (including phenoxy) is 2. The van der Waals surface area contributed by atoms with Crippen LogP contribution in [0.4, 0.5) is 0 Å². The summed E-state index contributed by atoms with van der Waals surface area (Å²) in [6.07, 6.45) is 78.2. The maximum absolute atomic E-state index is 12.3. The lowest BCUT2D eigenvalue weighted by Crippen LogP contribution is -2.28. The fraction of sp³-hybridized carbons (Fsp3) is 0.841. The third-order valence-corrected chi connectivity index (χ3v) is 13.6. The average molecular weight is 954 g/mol. The van der Waals surface area contributed by atoms with Gasteiger partial charge in [0.15, 0.2) is 6.10 Å². The summed E-state index contributed by atoms with van der Waals surface area (Å²) in [6.45, 7) is 4.16. The van der Waals surface area contributed by atoms with Gasteiger partial charge < -0.3 is 14.6 Å². The first kappa shape index (κ1) is 65.9. The Kier molecular flexibility index (Phi) is 57.3. The number of hydrogen-bond acceptors (Lipinski definition) is 5. The zero-order valence-corrected chi connectivity index (χ0v) is 45.6. The van der Waals surface area contributed by atoms with E-state index in [-0.39, 0.29) is 25.2 Å². The molecular formula is C63H116O5. The van der Waals surface area contributed by atoms with Gasteiger partial charge in [0.2, 0.25) is 0 Å². The zero-order chi connectivity index (χ0) is 49.2. The molecule has 0 radical (unpaired) electrons. The van der Waals surface area contributed by atoms with Gasteiger partial charge >= 0.3 is 11.9 Å². The second-order valence-electron chi connectivity index (χ2n) is 20.4. The standard InChI is InChI=1S/C63H116O5/c1-3-5-7-9-11-13-15-17-19-21-23-25-26-27-28-29-30-31-32-33-34-35-36-38-40-42-44-46-48-50-52-54-56-58-63(66)68-61(59-64)60-67-62(65)57-55-53-51-49-47-45-43-41-39-37-24-22-20-18-16-14-12-10-8-6-4-2/h15-18,21-24,61,64H,3-14,19-20,25-60H2,1-2H3/b17-15-,18-16-,23-21-,24-22-. The maximum atomic E-state index is 12.3. The molecule has 0 aliphatic heterocycles. The fourth-order valence-corrected chi connectivity index (χ4v) is 9.03. The number of rotatable bonds is 56. The summed E-state index contributed by atoms with van der Waals surface area (Å²) < 4.78 is 10.7. The van der Waals surface area contributed by atoms with Gasteiger partial charge in [-0.15, -0.1) is 0 Å². The normalized spacial score (nSPS) is 12.5. The Morgan fingerprint density at radius 2 is 0.588 bits per heavy atom. The number of esters is 2. The third-order valence-electron chi connectivity index (χ3n) is 13.6. The lowest BCUT2D eigenvalue weighted by Gasteiger charge is -2.15. The second kappa shape index (κ2) is 59.2. The third kappa shape index (κ3) is 56.4. The van der Waals surface area contributed by atoms with Crippen molar-refractivity contribution in [3.63, 3.8) is 0 Å². The van der Waals surface area contributed by atoms with Crippen molar-refractivity contribution < 1.29 is 24.2 Å². The van der Waals surface area contributed by atoms with Crippen molar-refractivity contribution in [3.05, 3.63) is 48.6 Å². The average Bonchev–Trinajstić information content (AvgIpc) is 3.34. The molecular weight excluding hydrogens is 837 g/mol. The van der Waals surface area contributed by atoms with Crippen molar-refractivity contribution in [3.8, 4) is 0 Å². The van der Waals surface area contributed by atoms with Crippen LogP contribution in [0.3, 0.4) is 0 Å². The summed E-state index contributed by atoms with van der Waals surface area (Å²) in [5, 5.41) is 9.66. The van der Waals surface area contributed by atoms with Crippen LogP contribution in [-0.4, -0.2) is 36.4 Å². The van der Waals surface area contributed by atoms with Crippen molar-refractivity contribution in [2.45, 2.75) is 328 Å². The number of hydrogen-bond donors (Lipinski definition) is 1. The molecule has 68 heavy (non-hydrogen) atoms. The summed E-state index contributed by atoms with van der Waals surface area (Å²) in [6, 6.07) is 0. The predicted octanol–water partition coefficient (Wildman–Crippen LogP) is 20.4. The van der Waals surface area contributed by atoms with Crippen molar-refractivity contribution in [1.29, 1.82) is 0 Å². The highest BCUT2D eigenvalue weighted by molar-refractivity contribution is 5.70. The topological polar surface area (TPSA) is 72.8 Å². The number of carbonyl (C=O) groups excluding carboxylic acids is 2. The molecule has 0 saturated heterocycles. The van der Waals surface area contributed by atoms with E-state index < -0.39 is 6.10 Å². The van der Waals surface area contributed by atoms with Crippen LogP contribution in [0.25, 0.3) is 0 Å². The van der Waals surface area contributed by atoms with Gasteiger partial charge in [-0.25, -0.2) is 0 Å². The zero-order valence-electron chi connectivity index (χ0n) is 45.6. The molecule has 1 atom stereocenters. The monoisotopic (exact) mass is 953 g/mol. The van der Waals surface area contributed by atoms with Gasteiger partial charge in [-0.3, -0.25) is 9.59 Å². The van der Waals surface area contributed by atoms with Crippen LogP contribution >= 0.6 is 0 Å². The van der Waals surface area contributed by atoms with Crippen LogP contribution in [0.2, 0.25) is 0 Å². The van der Waals surface area contributed by atoms with Crippen molar-refractivity contribution in [2.24, 2.45) is 0 Å². The first-order valence-electron chi connectivity index (χ1n) is 30.2. The molecule has 0 fully saturated rings. The Morgan fingerprint density at radius 3 is 0.868 bits per heavy atom. The lowest BCUT2D eigenvalue weighted by atomic mass is 10.0. The van der Waals surface area contributed by atoms with E-state index in [0.29, 0.717) is 12.8 Å². The Morgan fingerprint density at radius 1 is 0.338 bits per heavy atom. The molecule has 0 saturated carbocycles. The van der Waals surface area contributed by atoms with Crippen LogP contribution in [0.1, 0.15) is 322 Å². The van der Waals surface area contributed by atoms with Gasteiger partial charge in [-0.2, -0.15) is 0 Å². The number of aliphatic hydroxyl groups excluding tert-OH is 1. The van der Waals surface area contributed by atoms with E-state index in [0.717, 1.165) is 51.4 Å². The number of allylic oxidation sites excluding steroid dienone is 8. The van der Waals surface area contributed by atoms with Crippen LogP contribution < -0.4 is 0 Å². The van der Waals surface area contributed by atoms with E-state index in [4.69, 9.17) is 9.47 Å². The van der Waals surface area contributed by atoms with Crippen molar-refractivity contribution in [1.82, 2.24) is 0 Å². The number of carbonyl (C=O) groups is 2. The summed E-state index contributed by atoms with van der Waals surface area (Å²) in [4.78, 5) is 24.5. The molecule has 0 aromatic rings. The van der Waals surface area contributed by atoms with Gasteiger partial charge in [-0.1, -0.05) is 281 Å². The first-order valence-corrected chi connectivity index (χ1v) is 30.2. The minimum Gasteiger partial charge on any atom is -0.462 e. The van der Waals surface area contributed by atoms with Gasteiger partial charge in [0.05, 0.1) is 6.61 Å². The van der Waals surface area contributed by atoms with E-state index >= 15 is 0 Å². The summed E-state index contributed by atoms with van der Waals surface area (Å²) in [5.74, 6) is -0.580. The molecule has 0 aliphatic rings. The maximum Gasteiger partial charge on any atom is 0.306 e. The van der Waals surface area contributed by atoms with Gasteiger partial charge in [0, 0.05) is 12.8 Å². The van der Waals surface area contributed by atoms with Gasteiger partial charge in [0.1, 0.15) is 6.61 Å². The molecule has 0 aromatic heterocycles. The molecule has 0 rings (SSSR count). The van der Waals surface area contributed by atoms with E-state index in [9.17, 15) is 14.7 Å². The predicted molar refractivity (Wildman–Crippen MR) is 297 cm³/mol. The quantitative estimate of drug-likeness (QED) is 0.0374.